The van der Waals surface area contributed by atoms with Crippen LogP contribution in [-0.2, 0) is 15.1 Å². The molecule has 0 amide bonds. The van der Waals surface area contributed by atoms with Crippen molar-refractivity contribution >= 4 is 58.2 Å². The van der Waals surface area contributed by atoms with Gasteiger partial charge in [0.05, 0.1) is 18.6 Å². The van der Waals surface area contributed by atoms with Crippen LogP contribution in [-0.4, -0.2) is 23.5 Å². The summed E-state index contributed by atoms with van der Waals surface area (Å²) in [5, 5.41) is 25.9. The van der Waals surface area contributed by atoms with Gasteiger partial charge in [0.2, 0.25) is 0 Å². The van der Waals surface area contributed by atoms with Gasteiger partial charge < -0.3 is 9.84 Å². The largest absolute Gasteiger partial charge is 0.465 e. The Morgan fingerprint density at radius 1 is 0.795 bits per heavy atom. The molecule has 5 nitrogen and oxygen atoms in total. The molecule has 0 aliphatic heterocycles. The molecule has 5 rings (SSSR count). The summed E-state index contributed by atoms with van der Waals surface area (Å²) in [7, 11) is 0. The second-order valence-corrected chi connectivity index (χ2v) is 12.6. The number of rotatable bonds is 7. The summed E-state index contributed by atoms with van der Waals surface area (Å²) in [5.41, 5.74) is -2.14. The summed E-state index contributed by atoms with van der Waals surface area (Å²) in [4.78, 5) is 29.0. The van der Waals surface area contributed by atoms with Gasteiger partial charge in [-0.3, -0.25) is 9.59 Å². The number of nitriles is 1. The summed E-state index contributed by atoms with van der Waals surface area (Å²) in [6.07, 6.45) is -0.170. The molecule has 1 aliphatic carbocycles. The van der Waals surface area contributed by atoms with Crippen molar-refractivity contribution in [1.29, 1.82) is 5.26 Å². The number of benzene rings is 4. The van der Waals surface area contributed by atoms with Gasteiger partial charge in [0.1, 0.15) is 5.60 Å². The maximum atomic E-state index is 14.8. The minimum atomic E-state index is -1.96. The molecule has 5 atom stereocenters. The van der Waals surface area contributed by atoms with Crippen molar-refractivity contribution in [3.8, 4) is 6.07 Å². The van der Waals surface area contributed by atoms with Crippen LogP contribution >= 0.6 is 46.4 Å². The quantitative estimate of drug-likeness (QED) is 0.157. The van der Waals surface area contributed by atoms with Gasteiger partial charge in [0, 0.05) is 37.5 Å². The third-order valence-corrected chi connectivity index (χ3v) is 9.47. The standard InChI is InChI=1S/C35H27Cl4NO4/c1-2-44-33(42)34(20-40)29(21-3-11-25(36)12-4-21)19-35(43,24-9-17-28(39)18-10-24)31(30(34)22-5-13-26(37)14-6-22)32(41)23-7-15-27(38)16-8-23/h3-18,29-31,43H,2,19H2,1H3/t29-,30+,31+,34-,35+/m1/s1. The lowest BCUT2D eigenvalue weighted by atomic mass is 9.47. The van der Waals surface area contributed by atoms with Crippen LogP contribution in [0.5, 0.6) is 0 Å². The highest BCUT2D eigenvalue weighted by Crippen LogP contribution is 2.64. The summed E-state index contributed by atoms with van der Waals surface area (Å²) in [6, 6.07) is 28.6. The topological polar surface area (TPSA) is 87.4 Å². The first-order valence-corrected chi connectivity index (χ1v) is 15.4. The Morgan fingerprint density at radius 2 is 1.25 bits per heavy atom. The molecule has 0 bridgehead atoms. The van der Waals surface area contributed by atoms with E-state index in [1.807, 2.05) is 0 Å². The summed E-state index contributed by atoms with van der Waals surface area (Å²) >= 11 is 24.9. The number of aliphatic hydroxyl groups is 1. The SMILES string of the molecule is CCOC(=O)[C@]1(C#N)[C@@H](c2ccc(Cl)cc2)C[C@](O)(c2ccc(Cl)cc2)[C@H](C(=O)c2ccc(Cl)cc2)[C@@H]1c1ccc(Cl)cc1. The van der Waals surface area contributed by atoms with Gasteiger partial charge >= 0.3 is 5.97 Å². The Morgan fingerprint density at radius 3 is 1.73 bits per heavy atom. The molecule has 1 saturated carbocycles. The molecule has 4 aromatic carbocycles. The van der Waals surface area contributed by atoms with E-state index >= 15 is 0 Å². The Balaban J connectivity index is 1.89. The third kappa shape index (κ3) is 5.74. The summed E-state index contributed by atoms with van der Waals surface area (Å²) < 4.78 is 5.62. The highest BCUT2D eigenvalue weighted by atomic mass is 35.5. The second kappa shape index (κ2) is 12.9. The lowest BCUT2D eigenvalue weighted by molar-refractivity contribution is -0.164. The molecule has 1 N–H and O–H groups in total. The highest BCUT2D eigenvalue weighted by Gasteiger charge is 2.67. The Hall–Kier alpha value is -3.37. The molecule has 0 aromatic heterocycles. The van der Waals surface area contributed by atoms with Crippen LogP contribution in [0, 0.1) is 22.7 Å². The van der Waals surface area contributed by atoms with Gasteiger partial charge in [-0.1, -0.05) is 82.8 Å². The molecule has 44 heavy (non-hydrogen) atoms. The number of ether oxygens (including phenoxy) is 1. The van der Waals surface area contributed by atoms with Gasteiger partial charge in [0.25, 0.3) is 0 Å². The van der Waals surface area contributed by atoms with Crippen molar-refractivity contribution in [2.75, 3.05) is 6.61 Å². The molecule has 0 radical (unpaired) electrons. The molecule has 9 heteroatoms. The third-order valence-electron chi connectivity index (χ3n) is 8.46. The van der Waals surface area contributed by atoms with Crippen molar-refractivity contribution < 1.29 is 19.4 Å². The van der Waals surface area contributed by atoms with Gasteiger partial charge in [-0.15, -0.1) is 0 Å². The van der Waals surface area contributed by atoms with Crippen molar-refractivity contribution in [3.05, 3.63) is 139 Å². The van der Waals surface area contributed by atoms with Crippen LogP contribution < -0.4 is 0 Å². The van der Waals surface area contributed by atoms with Crippen molar-refractivity contribution in [2.45, 2.75) is 30.8 Å². The van der Waals surface area contributed by atoms with Gasteiger partial charge in [-0.2, -0.15) is 5.26 Å². The lowest BCUT2D eigenvalue weighted by Crippen LogP contribution is -2.59. The fraction of sp³-hybridized carbons (Fsp3) is 0.229. The van der Waals surface area contributed by atoms with E-state index in [2.05, 4.69) is 6.07 Å². The number of carbonyl (C=O) groups excluding carboxylic acids is 2. The zero-order valence-electron chi connectivity index (χ0n) is 23.5. The van der Waals surface area contributed by atoms with E-state index < -0.39 is 40.5 Å². The van der Waals surface area contributed by atoms with Crippen molar-refractivity contribution in [1.82, 2.24) is 0 Å². The first-order chi connectivity index (χ1) is 21.0. The number of halogens is 4. The Kier molecular flexibility index (Phi) is 9.41. The van der Waals surface area contributed by atoms with Crippen LogP contribution in [0.2, 0.25) is 20.1 Å². The van der Waals surface area contributed by atoms with E-state index in [1.54, 1.807) is 104 Å². The maximum absolute atomic E-state index is 14.8. The van der Waals surface area contributed by atoms with E-state index in [4.69, 9.17) is 51.1 Å². The molecule has 4 aromatic rings. The fourth-order valence-electron chi connectivity index (χ4n) is 6.47. The highest BCUT2D eigenvalue weighted by molar-refractivity contribution is 6.31. The number of carbonyl (C=O) groups is 2. The number of ketones is 1. The number of hydrogen-bond donors (Lipinski definition) is 1. The molecule has 0 unspecified atom stereocenters. The first-order valence-electron chi connectivity index (χ1n) is 13.9. The smallest absolute Gasteiger partial charge is 0.327 e. The maximum Gasteiger partial charge on any atom is 0.327 e. The number of nitrogens with zero attached hydrogens (tertiary/aromatic N) is 1. The van der Waals surface area contributed by atoms with Crippen LogP contribution in [0.25, 0.3) is 0 Å². The van der Waals surface area contributed by atoms with Crippen molar-refractivity contribution in [3.63, 3.8) is 0 Å². The Labute approximate surface area is 275 Å². The van der Waals surface area contributed by atoms with Crippen molar-refractivity contribution in [2.24, 2.45) is 11.3 Å². The van der Waals surface area contributed by atoms with E-state index in [0.717, 1.165) is 0 Å². The minimum absolute atomic E-state index is 0.000187. The molecular weight excluding hydrogens is 640 g/mol. The van der Waals surface area contributed by atoms with E-state index in [0.29, 0.717) is 36.8 Å². The molecule has 224 valence electrons. The van der Waals surface area contributed by atoms with Gasteiger partial charge in [-0.25, -0.2) is 0 Å². The lowest BCUT2D eigenvalue weighted by Gasteiger charge is -2.54. The predicted molar refractivity (Wildman–Crippen MR) is 172 cm³/mol. The van der Waals surface area contributed by atoms with Crippen LogP contribution in [0.4, 0.5) is 0 Å². The predicted octanol–water partition coefficient (Wildman–Crippen LogP) is 9.03. The van der Waals surface area contributed by atoms with E-state index in [9.17, 15) is 20.0 Å². The molecule has 0 spiro atoms. The minimum Gasteiger partial charge on any atom is -0.465 e. The number of Topliss-reactive ketones (excluding diaryl/α,β-unsaturated/α-hetero) is 1. The molecule has 0 saturated heterocycles. The second-order valence-electron chi connectivity index (χ2n) is 10.8. The van der Waals surface area contributed by atoms with E-state index in [1.165, 1.54) is 0 Å². The van der Waals surface area contributed by atoms with Gasteiger partial charge in [0.15, 0.2) is 11.2 Å². The number of esters is 1. The summed E-state index contributed by atoms with van der Waals surface area (Å²) in [6.45, 7) is 1.65. The van der Waals surface area contributed by atoms with Crippen LogP contribution in [0.3, 0.4) is 0 Å². The normalized spacial score (nSPS) is 24.7. The number of hydrogen-bond acceptors (Lipinski definition) is 5. The van der Waals surface area contributed by atoms with Gasteiger partial charge in [-0.05, 0) is 90.7 Å². The molecule has 1 fully saturated rings. The van der Waals surface area contributed by atoms with Crippen LogP contribution in [0.15, 0.2) is 97.1 Å². The Bertz CT molecular complexity index is 1700. The zero-order chi connectivity index (χ0) is 31.6. The first kappa shape index (κ1) is 32.0. The average Bonchev–Trinajstić information content (AvgIpc) is 3.02. The molecular formula is C35H27Cl4NO4. The fourth-order valence-corrected chi connectivity index (χ4v) is 6.97. The van der Waals surface area contributed by atoms with E-state index in [-0.39, 0.29) is 18.6 Å². The average molecular weight is 667 g/mol. The monoisotopic (exact) mass is 665 g/mol. The molecule has 0 heterocycles. The zero-order valence-corrected chi connectivity index (χ0v) is 26.5. The van der Waals surface area contributed by atoms with Crippen LogP contribution in [0.1, 0.15) is 52.2 Å². The summed E-state index contributed by atoms with van der Waals surface area (Å²) in [5.74, 6) is -4.73. The molecule has 1 aliphatic rings.